The summed E-state index contributed by atoms with van der Waals surface area (Å²) in [6.45, 7) is 8.42. The van der Waals surface area contributed by atoms with Crippen molar-refractivity contribution in [3.05, 3.63) is 34.9 Å². The second-order valence-corrected chi connectivity index (χ2v) is 6.18. The van der Waals surface area contributed by atoms with E-state index in [0.29, 0.717) is 12.0 Å². The molecule has 0 bridgehead atoms. The van der Waals surface area contributed by atoms with E-state index < -0.39 is 0 Å². The zero-order chi connectivity index (χ0) is 13.7. The molecule has 1 aromatic carbocycles. The molecule has 1 aromatic rings. The number of hydrogen-bond donors (Lipinski definition) is 1. The Hall–Kier alpha value is -1.35. The second kappa shape index (κ2) is 4.34. The highest BCUT2D eigenvalue weighted by atomic mass is 16.2. The lowest BCUT2D eigenvalue weighted by Gasteiger charge is -2.26. The van der Waals surface area contributed by atoms with Crippen LogP contribution in [-0.2, 0) is 4.79 Å². The Balaban J connectivity index is 1.96. The van der Waals surface area contributed by atoms with Crippen LogP contribution in [0.2, 0.25) is 0 Å². The highest BCUT2D eigenvalue weighted by Crippen LogP contribution is 2.42. The third-order valence-electron chi connectivity index (χ3n) is 4.46. The maximum atomic E-state index is 12.4. The van der Waals surface area contributed by atoms with Gasteiger partial charge < -0.3 is 4.90 Å². The highest BCUT2D eigenvalue weighted by molar-refractivity contribution is 5.85. The van der Waals surface area contributed by atoms with Crippen LogP contribution >= 0.6 is 0 Å². The van der Waals surface area contributed by atoms with Gasteiger partial charge in [0.05, 0.1) is 6.04 Å². The molecule has 4 unspecified atom stereocenters. The van der Waals surface area contributed by atoms with Gasteiger partial charge in [-0.1, -0.05) is 30.7 Å². The van der Waals surface area contributed by atoms with Gasteiger partial charge in [-0.15, -0.1) is 0 Å². The first-order valence-corrected chi connectivity index (χ1v) is 7.14. The molecule has 0 aromatic heterocycles. The predicted octanol–water partition coefficient (Wildman–Crippen LogP) is 2.53. The van der Waals surface area contributed by atoms with Gasteiger partial charge in [-0.3, -0.25) is 10.1 Å². The van der Waals surface area contributed by atoms with E-state index in [2.05, 4.69) is 49.2 Å². The van der Waals surface area contributed by atoms with Crippen LogP contribution < -0.4 is 5.32 Å². The monoisotopic (exact) mass is 258 g/mol. The van der Waals surface area contributed by atoms with Gasteiger partial charge in [0, 0.05) is 6.04 Å². The molecule has 1 saturated heterocycles. The average molecular weight is 258 g/mol. The van der Waals surface area contributed by atoms with Crippen molar-refractivity contribution in [3.8, 4) is 0 Å². The zero-order valence-electron chi connectivity index (χ0n) is 12.1. The lowest BCUT2D eigenvalue weighted by Crippen LogP contribution is -2.33. The average Bonchev–Trinajstić information content (AvgIpc) is 2.97. The van der Waals surface area contributed by atoms with Crippen molar-refractivity contribution < 1.29 is 4.79 Å². The van der Waals surface area contributed by atoms with Crippen molar-refractivity contribution in [2.24, 2.45) is 5.92 Å². The zero-order valence-corrected chi connectivity index (χ0v) is 12.1. The predicted molar refractivity (Wildman–Crippen MR) is 75.7 cm³/mol. The van der Waals surface area contributed by atoms with E-state index in [1.807, 2.05) is 6.92 Å². The molecule has 0 radical (unpaired) electrons. The molecule has 19 heavy (non-hydrogen) atoms. The minimum atomic E-state index is -0.0708. The second-order valence-electron chi connectivity index (χ2n) is 6.18. The van der Waals surface area contributed by atoms with Crippen molar-refractivity contribution in [1.82, 2.24) is 10.2 Å². The van der Waals surface area contributed by atoms with Crippen LogP contribution in [0.15, 0.2) is 18.2 Å². The molecule has 1 saturated carbocycles. The molecule has 1 aliphatic carbocycles. The fourth-order valence-corrected chi connectivity index (χ4v) is 3.16. The van der Waals surface area contributed by atoms with Crippen LogP contribution in [0.4, 0.5) is 0 Å². The van der Waals surface area contributed by atoms with E-state index in [4.69, 9.17) is 0 Å². The Morgan fingerprint density at radius 3 is 2.53 bits per heavy atom. The minimum Gasteiger partial charge on any atom is -0.318 e. The molecular weight excluding hydrogens is 236 g/mol. The summed E-state index contributed by atoms with van der Waals surface area (Å²) in [5.74, 6) is 0.892. The third-order valence-corrected chi connectivity index (χ3v) is 4.46. The van der Waals surface area contributed by atoms with Gasteiger partial charge in [0.2, 0.25) is 5.91 Å². The molecule has 1 amide bonds. The fraction of sp³-hybridized carbons (Fsp3) is 0.562. The molecule has 3 rings (SSSR count). The Morgan fingerprint density at radius 1 is 1.26 bits per heavy atom. The molecule has 3 heteroatoms. The first kappa shape index (κ1) is 12.7. The van der Waals surface area contributed by atoms with Crippen LogP contribution in [0.25, 0.3) is 0 Å². The summed E-state index contributed by atoms with van der Waals surface area (Å²) in [4.78, 5) is 14.4. The SMILES string of the molecule is Cc1ccc(C2NC(C)C(=O)N2C2CC2C)c(C)c1. The van der Waals surface area contributed by atoms with Crippen molar-refractivity contribution >= 4 is 5.91 Å². The first-order valence-electron chi connectivity index (χ1n) is 7.14. The van der Waals surface area contributed by atoms with E-state index in [0.717, 1.165) is 6.42 Å². The van der Waals surface area contributed by atoms with Gasteiger partial charge in [-0.05, 0) is 44.2 Å². The normalized spacial score (nSPS) is 33.9. The Labute approximate surface area is 115 Å². The molecular formula is C16H22N2O. The number of carbonyl (C=O) groups excluding carboxylic acids is 1. The Morgan fingerprint density at radius 2 is 1.95 bits per heavy atom. The first-order chi connectivity index (χ1) is 8.99. The standard InChI is InChI=1S/C16H22N2O/c1-9-5-6-13(10(2)7-9)15-17-12(4)16(19)18(15)14-8-11(14)3/h5-7,11-12,14-15,17H,8H2,1-4H3. The molecule has 1 N–H and O–H groups in total. The molecule has 3 nitrogen and oxygen atoms in total. The molecule has 2 fully saturated rings. The summed E-state index contributed by atoms with van der Waals surface area (Å²) >= 11 is 0. The highest BCUT2D eigenvalue weighted by Gasteiger charge is 2.49. The van der Waals surface area contributed by atoms with Gasteiger partial charge in [0.1, 0.15) is 6.17 Å². The smallest absolute Gasteiger partial charge is 0.241 e. The molecule has 4 atom stereocenters. The van der Waals surface area contributed by atoms with Gasteiger partial charge in [0.25, 0.3) is 0 Å². The number of amides is 1. The topological polar surface area (TPSA) is 32.3 Å². The van der Waals surface area contributed by atoms with E-state index in [9.17, 15) is 4.79 Å². The molecule has 0 spiro atoms. The fourth-order valence-electron chi connectivity index (χ4n) is 3.16. The molecule has 1 heterocycles. The molecule has 1 aliphatic heterocycles. The summed E-state index contributed by atoms with van der Waals surface area (Å²) in [5, 5.41) is 3.45. The van der Waals surface area contributed by atoms with Crippen molar-refractivity contribution in [2.75, 3.05) is 0 Å². The summed E-state index contributed by atoms with van der Waals surface area (Å²) in [7, 11) is 0. The van der Waals surface area contributed by atoms with E-state index in [1.165, 1.54) is 16.7 Å². The van der Waals surface area contributed by atoms with Gasteiger partial charge in [-0.2, -0.15) is 0 Å². The van der Waals surface area contributed by atoms with Crippen molar-refractivity contribution in [3.63, 3.8) is 0 Å². The number of aryl methyl sites for hydroxylation is 2. The van der Waals surface area contributed by atoms with Gasteiger partial charge in [0.15, 0.2) is 0 Å². The summed E-state index contributed by atoms with van der Waals surface area (Å²) < 4.78 is 0. The molecule has 2 aliphatic rings. The number of nitrogens with zero attached hydrogens (tertiary/aromatic N) is 1. The lowest BCUT2D eigenvalue weighted by molar-refractivity contribution is -0.130. The van der Waals surface area contributed by atoms with Crippen LogP contribution in [0.1, 0.15) is 43.1 Å². The number of rotatable bonds is 2. The van der Waals surface area contributed by atoms with Crippen LogP contribution in [0.5, 0.6) is 0 Å². The maximum absolute atomic E-state index is 12.4. The van der Waals surface area contributed by atoms with Crippen molar-refractivity contribution in [1.29, 1.82) is 0 Å². The number of hydrogen-bond acceptors (Lipinski definition) is 2. The molecule has 102 valence electrons. The maximum Gasteiger partial charge on any atom is 0.241 e. The summed E-state index contributed by atoms with van der Waals surface area (Å²) in [6, 6.07) is 6.84. The number of carbonyl (C=O) groups is 1. The van der Waals surface area contributed by atoms with E-state index in [-0.39, 0.29) is 18.1 Å². The quantitative estimate of drug-likeness (QED) is 0.884. The van der Waals surface area contributed by atoms with E-state index in [1.54, 1.807) is 0 Å². The van der Waals surface area contributed by atoms with Crippen LogP contribution in [-0.4, -0.2) is 22.9 Å². The lowest BCUT2D eigenvalue weighted by atomic mass is 10.0. The number of nitrogens with one attached hydrogen (secondary N) is 1. The van der Waals surface area contributed by atoms with Gasteiger partial charge >= 0.3 is 0 Å². The van der Waals surface area contributed by atoms with Crippen molar-refractivity contribution in [2.45, 2.75) is 52.4 Å². The third kappa shape index (κ3) is 2.06. The van der Waals surface area contributed by atoms with Crippen LogP contribution in [0, 0.1) is 19.8 Å². The Bertz CT molecular complexity index is 525. The largest absolute Gasteiger partial charge is 0.318 e. The van der Waals surface area contributed by atoms with E-state index >= 15 is 0 Å². The number of benzene rings is 1. The summed E-state index contributed by atoms with van der Waals surface area (Å²) in [6.07, 6.45) is 1.19. The summed E-state index contributed by atoms with van der Waals surface area (Å²) in [5.41, 5.74) is 3.77. The minimum absolute atomic E-state index is 0.0537. The van der Waals surface area contributed by atoms with Gasteiger partial charge in [-0.25, -0.2) is 0 Å². The Kier molecular flexibility index (Phi) is 2.90. The van der Waals surface area contributed by atoms with Crippen LogP contribution in [0.3, 0.4) is 0 Å².